The van der Waals surface area contributed by atoms with E-state index in [0.29, 0.717) is 10.9 Å². The molecule has 2 aromatic rings. The second-order valence-electron chi connectivity index (χ2n) is 4.65. The minimum atomic E-state index is 0.700. The summed E-state index contributed by atoms with van der Waals surface area (Å²) in [5.74, 6) is 2.53. The van der Waals surface area contributed by atoms with Gasteiger partial charge < -0.3 is 0 Å². The standard InChI is InChI=1S/C13H14ClN3/c1-9-6-7-17-12(8-9)15-13(16-17)10-4-2-3-5-11(10)14/h2-5,9H,6-8H2,1H3. The largest absolute Gasteiger partial charge is 0.249 e. The zero-order valence-electron chi connectivity index (χ0n) is 9.73. The van der Waals surface area contributed by atoms with E-state index in [4.69, 9.17) is 11.6 Å². The maximum absolute atomic E-state index is 6.16. The molecule has 0 aliphatic carbocycles. The molecule has 1 unspecified atom stereocenters. The van der Waals surface area contributed by atoms with E-state index in [2.05, 4.69) is 17.0 Å². The molecule has 0 radical (unpaired) electrons. The number of hydrogen-bond acceptors (Lipinski definition) is 2. The summed E-state index contributed by atoms with van der Waals surface area (Å²) in [5.41, 5.74) is 0.920. The van der Waals surface area contributed by atoms with E-state index in [0.717, 1.165) is 30.2 Å². The van der Waals surface area contributed by atoms with Crippen LogP contribution in [0.4, 0.5) is 0 Å². The summed E-state index contributed by atoms with van der Waals surface area (Å²) in [5, 5.41) is 5.25. The fraction of sp³-hybridized carbons (Fsp3) is 0.385. The predicted octanol–water partition coefficient (Wildman–Crippen LogP) is 3.18. The Morgan fingerprint density at radius 2 is 2.18 bits per heavy atom. The maximum atomic E-state index is 6.16. The Bertz CT molecular complexity index is 547. The van der Waals surface area contributed by atoms with Crippen molar-refractivity contribution in [2.45, 2.75) is 26.3 Å². The molecule has 1 aromatic heterocycles. The van der Waals surface area contributed by atoms with Gasteiger partial charge in [0.1, 0.15) is 5.82 Å². The molecule has 0 saturated carbocycles. The van der Waals surface area contributed by atoms with Crippen molar-refractivity contribution in [1.29, 1.82) is 0 Å². The van der Waals surface area contributed by atoms with Gasteiger partial charge in [0.05, 0.1) is 5.02 Å². The molecule has 0 N–H and O–H groups in total. The third-order valence-electron chi connectivity index (χ3n) is 3.23. The van der Waals surface area contributed by atoms with Crippen LogP contribution >= 0.6 is 11.6 Å². The fourth-order valence-electron chi connectivity index (χ4n) is 2.22. The first-order chi connectivity index (χ1) is 8.24. The fourth-order valence-corrected chi connectivity index (χ4v) is 2.44. The van der Waals surface area contributed by atoms with Crippen LogP contribution in [0.15, 0.2) is 24.3 Å². The van der Waals surface area contributed by atoms with Gasteiger partial charge in [0.15, 0.2) is 5.82 Å². The second kappa shape index (κ2) is 4.15. The zero-order chi connectivity index (χ0) is 11.8. The number of rotatable bonds is 1. The lowest BCUT2D eigenvalue weighted by Gasteiger charge is -2.17. The summed E-state index contributed by atoms with van der Waals surface area (Å²) in [6.07, 6.45) is 2.19. The number of aryl methyl sites for hydroxylation is 1. The van der Waals surface area contributed by atoms with E-state index in [9.17, 15) is 0 Å². The van der Waals surface area contributed by atoms with Gasteiger partial charge in [0.2, 0.25) is 0 Å². The maximum Gasteiger partial charge on any atom is 0.182 e. The van der Waals surface area contributed by atoms with Crippen molar-refractivity contribution in [2.24, 2.45) is 5.92 Å². The molecule has 0 spiro atoms. The van der Waals surface area contributed by atoms with Gasteiger partial charge in [0, 0.05) is 18.5 Å². The van der Waals surface area contributed by atoms with Gasteiger partial charge in [-0.25, -0.2) is 9.67 Å². The minimum Gasteiger partial charge on any atom is -0.249 e. The average Bonchev–Trinajstić information content (AvgIpc) is 2.72. The molecule has 3 rings (SSSR count). The molecule has 0 fully saturated rings. The minimum absolute atomic E-state index is 0.700. The highest BCUT2D eigenvalue weighted by Crippen LogP contribution is 2.27. The number of halogens is 1. The van der Waals surface area contributed by atoms with Crippen LogP contribution in [0.1, 0.15) is 19.2 Å². The molecule has 1 aliphatic heterocycles. The van der Waals surface area contributed by atoms with E-state index in [1.54, 1.807) is 0 Å². The van der Waals surface area contributed by atoms with Crippen molar-refractivity contribution in [3.63, 3.8) is 0 Å². The molecule has 2 heterocycles. The van der Waals surface area contributed by atoms with Crippen LogP contribution in [0.25, 0.3) is 11.4 Å². The molecule has 4 heteroatoms. The normalized spacial score (nSPS) is 19.1. The highest BCUT2D eigenvalue weighted by molar-refractivity contribution is 6.33. The number of fused-ring (bicyclic) bond motifs is 1. The van der Waals surface area contributed by atoms with Gasteiger partial charge in [0.25, 0.3) is 0 Å². The second-order valence-corrected chi connectivity index (χ2v) is 5.06. The van der Waals surface area contributed by atoms with E-state index in [-0.39, 0.29) is 0 Å². The van der Waals surface area contributed by atoms with E-state index in [1.807, 2.05) is 28.9 Å². The van der Waals surface area contributed by atoms with Crippen LogP contribution in [0.5, 0.6) is 0 Å². The summed E-state index contributed by atoms with van der Waals surface area (Å²) in [6.45, 7) is 3.22. The smallest absolute Gasteiger partial charge is 0.182 e. The summed E-state index contributed by atoms with van der Waals surface area (Å²) >= 11 is 6.16. The molecule has 1 aliphatic rings. The van der Waals surface area contributed by atoms with Crippen LogP contribution < -0.4 is 0 Å². The Balaban J connectivity index is 2.03. The average molecular weight is 248 g/mol. The van der Waals surface area contributed by atoms with E-state index >= 15 is 0 Å². The van der Waals surface area contributed by atoms with Gasteiger partial charge >= 0.3 is 0 Å². The van der Waals surface area contributed by atoms with Gasteiger partial charge in [-0.3, -0.25) is 0 Å². The van der Waals surface area contributed by atoms with E-state index < -0.39 is 0 Å². The molecule has 1 aromatic carbocycles. The van der Waals surface area contributed by atoms with Crippen LogP contribution in [-0.4, -0.2) is 14.8 Å². The monoisotopic (exact) mass is 247 g/mol. The van der Waals surface area contributed by atoms with Crippen LogP contribution in [-0.2, 0) is 13.0 Å². The first-order valence-electron chi connectivity index (χ1n) is 5.92. The topological polar surface area (TPSA) is 30.7 Å². The molecule has 0 saturated heterocycles. The van der Waals surface area contributed by atoms with Crippen molar-refractivity contribution in [3.8, 4) is 11.4 Å². The lowest BCUT2D eigenvalue weighted by atomic mass is 10.0. The summed E-state index contributed by atoms with van der Waals surface area (Å²) in [6, 6.07) is 7.72. The molecule has 17 heavy (non-hydrogen) atoms. The zero-order valence-corrected chi connectivity index (χ0v) is 10.5. The van der Waals surface area contributed by atoms with Crippen LogP contribution in [0, 0.1) is 5.92 Å². The molecule has 3 nitrogen and oxygen atoms in total. The lowest BCUT2D eigenvalue weighted by Crippen LogP contribution is -2.18. The van der Waals surface area contributed by atoms with Crippen LogP contribution in [0.3, 0.4) is 0 Å². The quantitative estimate of drug-likeness (QED) is 0.775. The number of hydrogen-bond donors (Lipinski definition) is 0. The lowest BCUT2D eigenvalue weighted by molar-refractivity contribution is 0.386. The van der Waals surface area contributed by atoms with Crippen molar-refractivity contribution < 1.29 is 0 Å². The van der Waals surface area contributed by atoms with Gasteiger partial charge in [-0.05, 0) is 24.5 Å². The summed E-state index contributed by atoms with van der Waals surface area (Å²) < 4.78 is 2.01. The SMILES string of the molecule is CC1CCn2nc(-c3ccccc3Cl)nc2C1. The Morgan fingerprint density at radius 3 is 3.00 bits per heavy atom. The molecular weight excluding hydrogens is 234 g/mol. The van der Waals surface area contributed by atoms with Crippen molar-refractivity contribution in [2.75, 3.05) is 0 Å². The summed E-state index contributed by atoms with van der Waals surface area (Å²) in [4.78, 5) is 4.60. The molecule has 1 atom stereocenters. The third kappa shape index (κ3) is 1.95. The van der Waals surface area contributed by atoms with Gasteiger partial charge in [-0.15, -0.1) is 0 Å². The van der Waals surface area contributed by atoms with Crippen molar-refractivity contribution >= 4 is 11.6 Å². The molecule has 88 valence electrons. The number of nitrogens with zero attached hydrogens (tertiary/aromatic N) is 3. The highest BCUT2D eigenvalue weighted by atomic mass is 35.5. The molecular formula is C13H14ClN3. The highest BCUT2D eigenvalue weighted by Gasteiger charge is 2.19. The first kappa shape index (κ1) is 10.8. The Morgan fingerprint density at radius 1 is 1.35 bits per heavy atom. The van der Waals surface area contributed by atoms with Crippen molar-refractivity contribution in [1.82, 2.24) is 14.8 Å². The molecule has 0 bridgehead atoms. The molecule has 0 amide bonds. The predicted molar refractivity (Wildman–Crippen MR) is 68.0 cm³/mol. The Hall–Kier alpha value is -1.35. The van der Waals surface area contributed by atoms with Crippen LogP contribution in [0.2, 0.25) is 5.02 Å². The third-order valence-corrected chi connectivity index (χ3v) is 3.56. The number of aromatic nitrogens is 3. The Kier molecular flexibility index (Phi) is 2.63. The summed E-state index contributed by atoms with van der Waals surface area (Å²) in [7, 11) is 0. The number of benzene rings is 1. The first-order valence-corrected chi connectivity index (χ1v) is 6.30. The van der Waals surface area contributed by atoms with Gasteiger partial charge in [-0.1, -0.05) is 30.7 Å². The van der Waals surface area contributed by atoms with E-state index in [1.165, 1.54) is 6.42 Å². The van der Waals surface area contributed by atoms with Gasteiger partial charge in [-0.2, -0.15) is 5.10 Å². The van der Waals surface area contributed by atoms with Crippen molar-refractivity contribution in [3.05, 3.63) is 35.1 Å². The Labute approximate surface area is 105 Å².